The van der Waals surface area contributed by atoms with E-state index in [-0.39, 0.29) is 30.8 Å². The molecule has 0 radical (unpaired) electrons. The zero-order valence-corrected chi connectivity index (χ0v) is 17.5. The first-order valence-electron chi connectivity index (χ1n) is 10.1. The van der Waals surface area contributed by atoms with Crippen molar-refractivity contribution in [3.8, 4) is 17.2 Å². The highest BCUT2D eigenvalue weighted by Crippen LogP contribution is 2.36. The van der Waals surface area contributed by atoms with E-state index in [4.69, 9.17) is 18.9 Å². The zero-order valence-electron chi connectivity index (χ0n) is 17.5. The van der Waals surface area contributed by atoms with Crippen LogP contribution in [0.2, 0.25) is 0 Å². The molecule has 2 amide bonds. The molecule has 31 heavy (non-hydrogen) atoms. The maximum atomic E-state index is 13.2. The monoisotopic (exact) mass is 424 g/mol. The SMILES string of the molecule is CCOc1ccc(C2=C(Nc3ccc4c(c3)OCO4)C(=O)N(CCCOC)C2=O)cc1. The second kappa shape index (κ2) is 9.09. The van der Waals surface area contributed by atoms with Crippen molar-refractivity contribution in [1.29, 1.82) is 0 Å². The molecule has 0 saturated carbocycles. The highest BCUT2D eigenvalue weighted by molar-refractivity contribution is 6.36. The summed E-state index contributed by atoms with van der Waals surface area (Å²) < 4.78 is 21.3. The molecule has 0 bridgehead atoms. The summed E-state index contributed by atoms with van der Waals surface area (Å²) in [5, 5.41) is 3.13. The molecular formula is C23H24N2O6. The molecular weight excluding hydrogens is 400 g/mol. The van der Waals surface area contributed by atoms with E-state index in [0.29, 0.717) is 53.7 Å². The van der Waals surface area contributed by atoms with Gasteiger partial charge in [0, 0.05) is 32.0 Å². The van der Waals surface area contributed by atoms with Crippen LogP contribution in [0.4, 0.5) is 5.69 Å². The number of hydrogen-bond donors (Lipinski definition) is 1. The molecule has 0 aromatic heterocycles. The first-order valence-corrected chi connectivity index (χ1v) is 10.1. The molecule has 2 heterocycles. The Morgan fingerprint density at radius 1 is 1.03 bits per heavy atom. The van der Waals surface area contributed by atoms with Crippen LogP contribution < -0.4 is 19.5 Å². The van der Waals surface area contributed by atoms with Gasteiger partial charge in [0.1, 0.15) is 11.4 Å². The summed E-state index contributed by atoms with van der Waals surface area (Å²) >= 11 is 0. The average Bonchev–Trinajstić information content (AvgIpc) is 3.33. The van der Waals surface area contributed by atoms with Gasteiger partial charge in [0.15, 0.2) is 11.5 Å². The van der Waals surface area contributed by atoms with Gasteiger partial charge in [-0.25, -0.2) is 0 Å². The van der Waals surface area contributed by atoms with E-state index in [9.17, 15) is 9.59 Å². The number of nitrogens with zero attached hydrogens (tertiary/aromatic N) is 1. The van der Waals surface area contributed by atoms with Crippen molar-refractivity contribution in [2.45, 2.75) is 13.3 Å². The van der Waals surface area contributed by atoms with Crippen LogP contribution in [0.5, 0.6) is 17.2 Å². The topological polar surface area (TPSA) is 86.3 Å². The second-order valence-corrected chi connectivity index (χ2v) is 7.01. The summed E-state index contributed by atoms with van der Waals surface area (Å²) in [7, 11) is 1.59. The number of methoxy groups -OCH3 is 1. The summed E-state index contributed by atoms with van der Waals surface area (Å²) in [4.78, 5) is 27.6. The third-order valence-electron chi connectivity index (χ3n) is 4.99. The minimum atomic E-state index is -0.373. The molecule has 0 spiro atoms. The standard InChI is InChI=1S/C23H24N2O6/c1-3-29-17-8-5-15(6-9-17)20-21(23(27)25(22(20)26)11-4-12-28-2)24-16-7-10-18-19(13-16)31-14-30-18/h5-10,13,24H,3-4,11-12,14H2,1-2H3. The Bertz CT molecular complexity index is 1020. The Morgan fingerprint density at radius 3 is 2.55 bits per heavy atom. The third kappa shape index (κ3) is 4.20. The van der Waals surface area contributed by atoms with Gasteiger partial charge in [-0.3, -0.25) is 14.5 Å². The van der Waals surface area contributed by atoms with Gasteiger partial charge < -0.3 is 24.3 Å². The highest BCUT2D eigenvalue weighted by atomic mass is 16.7. The van der Waals surface area contributed by atoms with Crippen molar-refractivity contribution in [2.24, 2.45) is 0 Å². The van der Waals surface area contributed by atoms with Crippen LogP contribution in [0.25, 0.3) is 5.57 Å². The second-order valence-electron chi connectivity index (χ2n) is 7.01. The van der Waals surface area contributed by atoms with Crippen molar-refractivity contribution in [1.82, 2.24) is 4.90 Å². The van der Waals surface area contributed by atoms with Gasteiger partial charge in [-0.1, -0.05) is 12.1 Å². The van der Waals surface area contributed by atoms with Crippen LogP contribution >= 0.6 is 0 Å². The molecule has 0 unspecified atom stereocenters. The first-order chi connectivity index (χ1) is 15.1. The molecule has 0 atom stereocenters. The van der Waals surface area contributed by atoms with Crippen molar-refractivity contribution < 1.29 is 28.5 Å². The number of rotatable bonds is 9. The number of carbonyl (C=O) groups is 2. The predicted octanol–water partition coefficient (Wildman–Crippen LogP) is 3.04. The fourth-order valence-corrected chi connectivity index (χ4v) is 3.53. The summed E-state index contributed by atoms with van der Waals surface area (Å²) in [6.45, 7) is 3.34. The highest BCUT2D eigenvalue weighted by Gasteiger charge is 2.39. The molecule has 1 N–H and O–H groups in total. The van der Waals surface area contributed by atoms with E-state index in [2.05, 4.69) is 5.32 Å². The number of anilines is 1. The van der Waals surface area contributed by atoms with Gasteiger partial charge in [0.2, 0.25) is 6.79 Å². The quantitative estimate of drug-likeness (QED) is 0.489. The number of benzene rings is 2. The fraction of sp³-hybridized carbons (Fsp3) is 0.304. The van der Waals surface area contributed by atoms with Crippen LogP contribution in [-0.2, 0) is 14.3 Å². The minimum absolute atomic E-state index is 0.156. The molecule has 8 heteroatoms. The average molecular weight is 424 g/mol. The summed E-state index contributed by atoms with van der Waals surface area (Å²) in [5.74, 6) is 1.21. The molecule has 0 aliphatic carbocycles. The number of hydrogen-bond acceptors (Lipinski definition) is 7. The normalized spacial score (nSPS) is 15.1. The number of imide groups is 1. The molecule has 0 saturated heterocycles. The Kier molecular flexibility index (Phi) is 6.08. The lowest BCUT2D eigenvalue weighted by molar-refractivity contribution is -0.137. The van der Waals surface area contributed by atoms with Crippen molar-refractivity contribution in [3.63, 3.8) is 0 Å². The molecule has 2 aromatic rings. The van der Waals surface area contributed by atoms with E-state index >= 15 is 0 Å². The number of nitrogens with one attached hydrogen (secondary N) is 1. The maximum Gasteiger partial charge on any atom is 0.278 e. The molecule has 4 rings (SSSR count). The smallest absolute Gasteiger partial charge is 0.278 e. The number of amides is 2. The molecule has 2 aliphatic rings. The lowest BCUT2D eigenvalue weighted by Crippen LogP contribution is -2.33. The van der Waals surface area contributed by atoms with Gasteiger partial charge in [-0.05, 0) is 43.2 Å². The van der Waals surface area contributed by atoms with Crippen LogP contribution in [0.1, 0.15) is 18.9 Å². The van der Waals surface area contributed by atoms with E-state index in [0.717, 1.165) is 0 Å². The Labute approximate surface area is 180 Å². The largest absolute Gasteiger partial charge is 0.494 e. The van der Waals surface area contributed by atoms with Gasteiger partial charge >= 0.3 is 0 Å². The van der Waals surface area contributed by atoms with Crippen molar-refractivity contribution in [2.75, 3.05) is 39.0 Å². The molecule has 2 aliphatic heterocycles. The summed E-state index contributed by atoms with van der Waals surface area (Å²) in [5.41, 5.74) is 1.82. The van der Waals surface area contributed by atoms with E-state index in [1.807, 2.05) is 6.92 Å². The van der Waals surface area contributed by atoms with E-state index < -0.39 is 0 Å². The van der Waals surface area contributed by atoms with Gasteiger partial charge in [0.05, 0.1) is 12.2 Å². The molecule has 8 nitrogen and oxygen atoms in total. The molecule has 0 fully saturated rings. The lowest BCUT2D eigenvalue weighted by atomic mass is 10.0. The van der Waals surface area contributed by atoms with E-state index in [1.54, 1.807) is 49.6 Å². The Morgan fingerprint density at radius 2 is 1.81 bits per heavy atom. The first kappa shape index (κ1) is 20.7. The molecule has 2 aromatic carbocycles. The predicted molar refractivity (Wildman–Crippen MR) is 114 cm³/mol. The summed E-state index contributed by atoms with van der Waals surface area (Å²) in [6, 6.07) is 12.4. The van der Waals surface area contributed by atoms with Gasteiger partial charge in [0.25, 0.3) is 11.8 Å². The Hall–Kier alpha value is -3.52. The van der Waals surface area contributed by atoms with Crippen LogP contribution in [0, 0.1) is 0 Å². The molecule has 162 valence electrons. The van der Waals surface area contributed by atoms with Gasteiger partial charge in [-0.2, -0.15) is 0 Å². The van der Waals surface area contributed by atoms with Gasteiger partial charge in [-0.15, -0.1) is 0 Å². The van der Waals surface area contributed by atoms with Crippen molar-refractivity contribution >= 4 is 23.1 Å². The minimum Gasteiger partial charge on any atom is -0.494 e. The maximum absolute atomic E-state index is 13.2. The zero-order chi connectivity index (χ0) is 21.8. The fourth-order valence-electron chi connectivity index (χ4n) is 3.53. The lowest BCUT2D eigenvalue weighted by Gasteiger charge is -2.15. The number of carbonyl (C=O) groups excluding carboxylic acids is 2. The number of ether oxygens (including phenoxy) is 4. The van der Waals surface area contributed by atoms with Crippen molar-refractivity contribution in [3.05, 3.63) is 53.7 Å². The van der Waals surface area contributed by atoms with E-state index in [1.165, 1.54) is 4.90 Å². The third-order valence-corrected chi connectivity index (χ3v) is 4.99. The number of fused-ring (bicyclic) bond motifs is 1. The van der Waals surface area contributed by atoms with Crippen LogP contribution in [-0.4, -0.2) is 50.4 Å². The van der Waals surface area contributed by atoms with Crippen LogP contribution in [0.3, 0.4) is 0 Å². The Balaban J connectivity index is 1.67. The van der Waals surface area contributed by atoms with Crippen LogP contribution in [0.15, 0.2) is 48.2 Å². The summed E-state index contributed by atoms with van der Waals surface area (Å²) in [6.07, 6.45) is 0.557.